The SMILES string of the molecule is CCn1c(C(=O)O)nc2c1c(=O)[nH]c(=O)n2-c1ccccc1. The predicted molar refractivity (Wildman–Crippen MR) is 78.6 cm³/mol. The average molecular weight is 300 g/mol. The Kier molecular flexibility index (Phi) is 3.13. The standard InChI is InChI=1S/C14H12N4O4/c1-2-17-9-10(15-11(17)13(20)21)18(14(22)16-12(9)19)8-6-4-3-5-7-8/h3-7H,2H2,1H3,(H,20,21)(H,16,19,22). The van der Waals surface area contributed by atoms with Crippen molar-refractivity contribution in [2.24, 2.45) is 0 Å². The molecule has 0 unspecified atom stereocenters. The third-order valence-electron chi connectivity index (χ3n) is 3.32. The molecular weight excluding hydrogens is 288 g/mol. The lowest BCUT2D eigenvalue weighted by molar-refractivity contribution is 0.0679. The number of imidazole rings is 1. The molecule has 2 aromatic heterocycles. The minimum absolute atomic E-state index is 0.0270. The number of H-pyrrole nitrogens is 1. The molecule has 3 aromatic rings. The summed E-state index contributed by atoms with van der Waals surface area (Å²) >= 11 is 0. The molecule has 8 heteroatoms. The molecule has 0 amide bonds. The van der Waals surface area contributed by atoms with Crippen LogP contribution in [0.2, 0.25) is 0 Å². The van der Waals surface area contributed by atoms with E-state index in [0.29, 0.717) is 5.69 Å². The number of hydrogen-bond acceptors (Lipinski definition) is 4. The van der Waals surface area contributed by atoms with Crippen LogP contribution in [0.25, 0.3) is 16.9 Å². The number of nitrogens with zero attached hydrogens (tertiary/aromatic N) is 3. The number of rotatable bonds is 3. The Hall–Kier alpha value is -3.16. The highest BCUT2D eigenvalue weighted by molar-refractivity contribution is 5.89. The zero-order valence-corrected chi connectivity index (χ0v) is 11.6. The van der Waals surface area contributed by atoms with Crippen molar-refractivity contribution in [3.63, 3.8) is 0 Å². The van der Waals surface area contributed by atoms with Gasteiger partial charge in [-0.25, -0.2) is 19.1 Å². The smallest absolute Gasteiger partial charge is 0.372 e. The minimum Gasteiger partial charge on any atom is -0.475 e. The van der Waals surface area contributed by atoms with Gasteiger partial charge >= 0.3 is 11.7 Å². The van der Waals surface area contributed by atoms with E-state index in [0.717, 1.165) is 0 Å². The monoisotopic (exact) mass is 300 g/mol. The molecule has 0 aliphatic rings. The highest BCUT2D eigenvalue weighted by Gasteiger charge is 2.21. The number of hydrogen-bond donors (Lipinski definition) is 2. The summed E-state index contributed by atoms with van der Waals surface area (Å²) in [6.07, 6.45) is 0. The maximum atomic E-state index is 12.1. The second-order valence-electron chi connectivity index (χ2n) is 4.59. The number of carboxylic acids is 1. The van der Waals surface area contributed by atoms with Gasteiger partial charge in [-0.2, -0.15) is 0 Å². The molecule has 8 nitrogen and oxygen atoms in total. The van der Waals surface area contributed by atoms with Crippen LogP contribution < -0.4 is 11.2 Å². The summed E-state index contributed by atoms with van der Waals surface area (Å²) < 4.78 is 2.46. The first-order chi connectivity index (χ1) is 10.5. The van der Waals surface area contributed by atoms with Gasteiger partial charge in [0.05, 0.1) is 5.69 Å². The largest absolute Gasteiger partial charge is 0.475 e. The number of carbonyl (C=O) groups is 1. The third kappa shape index (κ3) is 1.93. The Bertz CT molecular complexity index is 982. The minimum atomic E-state index is -1.26. The number of para-hydroxylation sites is 1. The fourth-order valence-corrected chi connectivity index (χ4v) is 2.42. The summed E-state index contributed by atoms with van der Waals surface area (Å²) in [6.45, 7) is 1.94. The molecule has 0 saturated carbocycles. The average Bonchev–Trinajstić information content (AvgIpc) is 2.88. The molecule has 3 rings (SSSR count). The number of aryl methyl sites for hydroxylation is 1. The van der Waals surface area contributed by atoms with E-state index in [-0.39, 0.29) is 23.5 Å². The van der Waals surface area contributed by atoms with Gasteiger partial charge in [0, 0.05) is 6.54 Å². The van der Waals surface area contributed by atoms with Gasteiger partial charge in [0.25, 0.3) is 5.56 Å². The molecule has 0 radical (unpaired) electrons. The van der Waals surface area contributed by atoms with Gasteiger partial charge in [-0.05, 0) is 19.1 Å². The number of aromatic amines is 1. The number of benzene rings is 1. The quantitative estimate of drug-likeness (QED) is 0.735. The number of aromatic carboxylic acids is 1. The Morgan fingerprint density at radius 1 is 1.27 bits per heavy atom. The molecule has 1 aromatic carbocycles. The van der Waals surface area contributed by atoms with Crippen molar-refractivity contribution in [2.75, 3.05) is 0 Å². The fraction of sp³-hybridized carbons (Fsp3) is 0.143. The molecule has 0 bridgehead atoms. The summed E-state index contributed by atoms with van der Waals surface area (Å²) in [6, 6.07) is 8.58. The molecule has 2 heterocycles. The predicted octanol–water partition coefficient (Wildman–Crippen LogP) is 0.594. The molecule has 0 fully saturated rings. The van der Waals surface area contributed by atoms with Gasteiger partial charge in [-0.15, -0.1) is 0 Å². The maximum Gasteiger partial charge on any atom is 0.372 e. The van der Waals surface area contributed by atoms with E-state index in [1.807, 2.05) is 0 Å². The van der Waals surface area contributed by atoms with E-state index < -0.39 is 17.2 Å². The van der Waals surface area contributed by atoms with Crippen molar-refractivity contribution >= 4 is 17.1 Å². The van der Waals surface area contributed by atoms with Crippen molar-refractivity contribution in [2.45, 2.75) is 13.5 Å². The van der Waals surface area contributed by atoms with Gasteiger partial charge in [0.15, 0.2) is 11.2 Å². The van der Waals surface area contributed by atoms with Crippen molar-refractivity contribution in [3.05, 3.63) is 57.0 Å². The van der Waals surface area contributed by atoms with Crippen LogP contribution in [0.1, 0.15) is 17.5 Å². The summed E-state index contributed by atoms with van der Waals surface area (Å²) in [4.78, 5) is 41.7. The van der Waals surface area contributed by atoms with Gasteiger partial charge in [0.2, 0.25) is 5.82 Å². The lowest BCUT2D eigenvalue weighted by Gasteiger charge is -2.06. The topological polar surface area (TPSA) is 110 Å². The lowest BCUT2D eigenvalue weighted by atomic mass is 10.3. The molecule has 0 aliphatic heterocycles. The summed E-state index contributed by atoms with van der Waals surface area (Å²) in [7, 11) is 0. The van der Waals surface area contributed by atoms with Gasteiger partial charge in [-0.3, -0.25) is 9.78 Å². The molecular formula is C14H12N4O4. The third-order valence-corrected chi connectivity index (χ3v) is 3.32. The maximum absolute atomic E-state index is 12.1. The van der Waals surface area contributed by atoms with Crippen LogP contribution in [-0.2, 0) is 6.54 Å². The number of fused-ring (bicyclic) bond motifs is 1. The number of aromatic nitrogens is 4. The van der Waals surface area contributed by atoms with Gasteiger partial charge in [-0.1, -0.05) is 18.2 Å². The lowest BCUT2D eigenvalue weighted by Crippen LogP contribution is -2.30. The van der Waals surface area contributed by atoms with Crippen LogP contribution in [-0.4, -0.2) is 30.2 Å². The molecule has 2 N–H and O–H groups in total. The second-order valence-corrected chi connectivity index (χ2v) is 4.59. The van der Waals surface area contributed by atoms with E-state index in [4.69, 9.17) is 0 Å². The first-order valence-corrected chi connectivity index (χ1v) is 6.59. The van der Waals surface area contributed by atoms with Crippen molar-refractivity contribution in [1.82, 2.24) is 19.1 Å². The Labute approximate surface area is 123 Å². The fourth-order valence-electron chi connectivity index (χ4n) is 2.42. The Morgan fingerprint density at radius 2 is 1.95 bits per heavy atom. The van der Waals surface area contributed by atoms with E-state index >= 15 is 0 Å². The second kappa shape index (κ2) is 4.99. The van der Waals surface area contributed by atoms with E-state index in [2.05, 4.69) is 9.97 Å². The molecule has 0 spiro atoms. The van der Waals surface area contributed by atoms with Gasteiger partial charge < -0.3 is 9.67 Å². The van der Waals surface area contributed by atoms with E-state index in [1.54, 1.807) is 37.3 Å². The normalized spacial score (nSPS) is 11.0. The zero-order chi connectivity index (χ0) is 15.9. The summed E-state index contributed by atoms with van der Waals surface area (Å²) in [5, 5.41) is 9.24. The van der Waals surface area contributed by atoms with Crippen LogP contribution in [0.3, 0.4) is 0 Å². The summed E-state index contributed by atoms with van der Waals surface area (Å²) in [5.41, 5.74) is -0.746. The molecule has 22 heavy (non-hydrogen) atoms. The Balaban J connectivity index is 2.52. The molecule has 112 valence electrons. The zero-order valence-electron chi connectivity index (χ0n) is 11.6. The molecule has 0 saturated heterocycles. The van der Waals surface area contributed by atoms with E-state index in [1.165, 1.54) is 9.13 Å². The summed E-state index contributed by atoms with van der Waals surface area (Å²) in [5.74, 6) is -1.54. The number of nitrogens with one attached hydrogen (secondary N) is 1. The molecule has 0 aliphatic carbocycles. The van der Waals surface area contributed by atoms with Gasteiger partial charge in [0.1, 0.15) is 0 Å². The molecule has 0 atom stereocenters. The first kappa shape index (κ1) is 13.8. The van der Waals surface area contributed by atoms with Crippen LogP contribution in [0.4, 0.5) is 0 Å². The van der Waals surface area contributed by atoms with Crippen molar-refractivity contribution in [3.8, 4) is 5.69 Å². The van der Waals surface area contributed by atoms with Crippen molar-refractivity contribution < 1.29 is 9.90 Å². The highest BCUT2D eigenvalue weighted by Crippen LogP contribution is 2.15. The van der Waals surface area contributed by atoms with Crippen LogP contribution in [0.15, 0.2) is 39.9 Å². The van der Waals surface area contributed by atoms with Crippen LogP contribution >= 0.6 is 0 Å². The highest BCUT2D eigenvalue weighted by atomic mass is 16.4. The van der Waals surface area contributed by atoms with E-state index in [9.17, 15) is 19.5 Å². The first-order valence-electron chi connectivity index (χ1n) is 6.59. The van der Waals surface area contributed by atoms with Crippen LogP contribution in [0.5, 0.6) is 0 Å². The van der Waals surface area contributed by atoms with Crippen molar-refractivity contribution in [1.29, 1.82) is 0 Å². The van der Waals surface area contributed by atoms with Crippen LogP contribution in [0, 0.1) is 0 Å². The Morgan fingerprint density at radius 3 is 2.55 bits per heavy atom. The number of carboxylic acid groups (broad SMARTS) is 1.